The third-order valence-electron chi connectivity index (χ3n) is 5.94. The maximum atomic E-state index is 13.5. The molecule has 0 saturated carbocycles. The molecule has 180 valence electrons. The summed E-state index contributed by atoms with van der Waals surface area (Å²) in [4.78, 5) is 31.3. The number of fused-ring (bicyclic) bond motifs is 1. The molecule has 0 aliphatic carbocycles. The van der Waals surface area contributed by atoms with Crippen molar-refractivity contribution in [3.8, 4) is 5.75 Å². The van der Waals surface area contributed by atoms with Gasteiger partial charge in [0.1, 0.15) is 12.4 Å². The number of amides is 2. The fraction of sp³-hybridized carbons (Fsp3) is 0.538. The first-order chi connectivity index (χ1) is 15.9. The van der Waals surface area contributed by atoms with Gasteiger partial charge in [-0.2, -0.15) is 0 Å². The second kappa shape index (κ2) is 12.2. The smallest absolute Gasteiger partial charge is 0.242 e. The lowest BCUT2D eigenvalue weighted by Crippen LogP contribution is -2.48. The van der Waals surface area contributed by atoms with Crippen LogP contribution in [0.4, 0.5) is 0 Å². The van der Waals surface area contributed by atoms with E-state index >= 15 is 0 Å². The predicted octanol–water partition coefficient (Wildman–Crippen LogP) is 4.47. The first-order valence-electron chi connectivity index (χ1n) is 11.7. The van der Waals surface area contributed by atoms with Crippen molar-refractivity contribution in [2.24, 2.45) is 5.92 Å². The molecule has 1 atom stereocenters. The fourth-order valence-electron chi connectivity index (χ4n) is 4.19. The lowest BCUT2D eigenvalue weighted by atomic mass is 10.00. The summed E-state index contributed by atoms with van der Waals surface area (Å²) >= 11 is 1.73. The highest BCUT2D eigenvalue weighted by atomic mass is 32.1. The van der Waals surface area contributed by atoms with Gasteiger partial charge >= 0.3 is 0 Å². The Balaban J connectivity index is 1.75. The van der Waals surface area contributed by atoms with Crippen LogP contribution in [0.3, 0.4) is 0 Å². The summed E-state index contributed by atoms with van der Waals surface area (Å²) < 4.78 is 11.3. The van der Waals surface area contributed by atoms with Crippen LogP contribution < -0.4 is 4.74 Å². The SMILES string of the molecule is COCCCN(CC(=O)N1CCc2sccc2[C@H]1COc1ccccc1C)C(=O)CC(C)C. The standard InChI is InChI=1S/C26H36N2O4S/c1-19(2)16-25(29)27(12-7-14-31-4)17-26(30)28-13-10-24-21(11-15-33-24)22(28)18-32-23-9-6-5-8-20(23)3/h5-6,8-9,11,15,19,22H,7,10,12-14,16-18H2,1-4H3/t22-/m1/s1. The normalized spacial score (nSPS) is 15.4. The largest absolute Gasteiger partial charge is 0.491 e. The number of methoxy groups -OCH3 is 1. The van der Waals surface area contributed by atoms with Crippen LogP contribution in [0.1, 0.15) is 48.7 Å². The van der Waals surface area contributed by atoms with Crippen molar-refractivity contribution in [3.63, 3.8) is 0 Å². The minimum atomic E-state index is -0.159. The fourth-order valence-corrected chi connectivity index (χ4v) is 5.11. The van der Waals surface area contributed by atoms with Gasteiger partial charge in [0, 0.05) is 38.1 Å². The van der Waals surface area contributed by atoms with Crippen molar-refractivity contribution in [1.29, 1.82) is 0 Å². The summed E-state index contributed by atoms with van der Waals surface area (Å²) in [5, 5.41) is 2.09. The molecule has 0 N–H and O–H groups in total. The number of carbonyl (C=O) groups excluding carboxylic acids is 2. The summed E-state index contributed by atoms with van der Waals surface area (Å²) in [6.45, 7) is 8.27. The molecule has 0 spiro atoms. The summed E-state index contributed by atoms with van der Waals surface area (Å²) in [6.07, 6.45) is 1.99. The van der Waals surface area contributed by atoms with Gasteiger partial charge in [-0.1, -0.05) is 32.0 Å². The minimum absolute atomic E-state index is 0.0235. The Morgan fingerprint density at radius 1 is 1.24 bits per heavy atom. The number of nitrogens with zero attached hydrogens (tertiary/aromatic N) is 2. The lowest BCUT2D eigenvalue weighted by molar-refractivity contribution is -0.143. The van der Waals surface area contributed by atoms with E-state index < -0.39 is 0 Å². The maximum Gasteiger partial charge on any atom is 0.242 e. The highest BCUT2D eigenvalue weighted by Gasteiger charge is 2.33. The van der Waals surface area contributed by atoms with Crippen LogP contribution >= 0.6 is 11.3 Å². The molecule has 1 aliphatic rings. The molecule has 1 aliphatic heterocycles. The molecule has 0 bridgehead atoms. The maximum absolute atomic E-state index is 13.5. The zero-order valence-corrected chi connectivity index (χ0v) is 21.0. The third-order valence-corrected chi connectivity index (χ3v) is 6.94. The van der Waals surface area contributed by atoms with Gasteiger partial charge in [0.2, 0.25) is 11.8 Å². The molecule has 0 radical (unpaired) electrons. The van der Waals surface area contributed by atoms with Crippen molar-refractivity contribution < 1.29 is 19.1 Å². The second-order valence-corrected chi connectivity index (χ2v) is 9.99. The molecule has 2 amide bonds. The number of ether oxygens (including phenoxy) is 2. The molecule has 6 nitrogen and oxygen atoms in total. The monoisotopic (exact) mass is 472 g/mol. The van der Waals surface area contributed by atoms with Crippen LogP contribution in [0, 0.1) is 12.8 Å². The number of aryl methyl sites for hydroxylation is 1. The third kappa shape index (κ3) is 6.81. The molecule has 3 rings (SSSR count). The van der Waals surface area contributed by atoms with Crippen molar-refractivity contribution >= 4 is 23.2 Å². The highest BCUT2D eigenvalue weighted by molar-refractivity contribution is 7.10. The van der Waals surface area contributed by atoms with Gasteiger partial charge in [-0.15, -0.1) is 11.3 Å². The van der Waals surface area contributed by atoms with Crippen LogP contribution in [-0.4, -0.2) is 61.6 Å². The molecule has 0 fully saturated rings. The number of carbonyl (C=O) groups is 2. The molecule has 1 aromatic carbocycles. The molecular formula is C26H36N2O4S. The first-order valence-corrected chi connectivity index (χ1v) is 12.6. The molecule has 33 heavy (non-hydrogen) atoms. The number of hydrogen-bond acceptors (Lipinski definition) is 5. The van der Waals surface area contributed by atoms with E-state index in [4.69, 9.17) is 9.47 Å². The van der Waals surface area contributed by atoms with E-state index in [0.29, 0.717) is 39.1 Å². The van der Waals surface area contributed by atoms with Gasteiger partial charge < -0.3 is 19.3 Å². The molecule has 7 heteroatoms. The molecule has 2 heterocycles. The van der Waals surface area contributed by atoms with E-state index in [2.05, 4.69) is 11.4 Å². The van der Waals surface area contributed by atoms with Crippen molar-refractivity contribution in [1.82, 2.24) is 9.80 Å². The number of para-hydroxylation sites is 1. The number of hydrogen-bond donors (Lipinski definition) is 0. The molecule has 2 aromatic rings. The van der Waals surface area contributed by atoms with E-state index in [-0.39, 0.29) is 30.3 Å². The topological polar surface area (TPSA) is 59.1 Å². The molecule has 1 aromatic heterocycles. The summed E-state index contributed by atoms with van der Waals surface area (Å²) in [7, 11) is 1.65. The zero-order chi connectivity index (χ0) is 23.8. The van der Waals surface area contributed by atoms with Crippen molar-refractivity contribution in [2.75, 3.05) is 40.0 Å². The van der Waals surface area contributed by atoms with E-state index in [9.17, 15) is 9.59 Å². The number of benzene rings is 1. The Labute approximate surface area is 201 Å². The average Bonchev–Trinajstić information content (AvgIpc) is 3.26. The first kappa shape index (κ1) is 25.2. The lowest BCUT2D eigenvalue weighted by Gasteiger charge is -2.37. The van der Waals surface area contributed by atoms with Crippen LogP contribution in [0.2, 0.25) is 0 Å². The Morgan fingerprint density at radius 2 is 2.03 bits per heavy atom. The Bertz CT molecular complexity index is 927. The van der Waals surface area contributed by atoms with Crippen LogP contribution in [0.5, 0.6) is 5.75 Å². The van der Waals surface area contributed by atoms with E-state index in [1.165, 1.54) is 4.88 Å². The van der Waals surface area contributed by atoms with Crippen LogP contribution in [-0.2, 0) is 20.7 Å². The van der Waals surface area contributed by atoms with Gasteiger partial charge in [0.25, 0.3) is 0 Å². The average molecular weight is 473 g/mol. The van der Waals surface area contributed by atoms with E-state index in [1.807, 2.05) is 49.9 Å². The van der Waals surface area contributed by atoms with Crippen LogP contribution in [0.15, 0.2) is 35.7 Å². The number of rotatable bonds is 11. The summed E-state index contributed by atoms with van der Waals surface area (Å²) in [6, 6.07) is 9.87. The van der Waals surface area contributed by atoms with Gasteiger partial charge in [0.15, 0.2) is 0 Å². The summed E-state index contributed by atoms with van der Waals surface area (Å²) in [5.74, 6) is 1.08. The highest BCUT2D eigenvalue weighted by Crippen LogP contribution is 2.34. The Hall–Kier alpha value is -2.38. The van der Waals surface area contributed by atoms with E-state index in [1.54, 1.807) is 23.3 Å². The Kier molecular flexibility index (Phi) is 9.32. The van der Waals surface area contributed by atoms with E-state index in [0.717, 1.165) is 23.3 Å². The van der Waals surface area contributed by atoms with Crippen LogP contribution in [0.25, 0.3) is 0 Å². The Morgan fingerprint density at radius 3 is 2.76 bits per heavy atom. The van der Waals surface area contributed by atoms with Gasteiger partial charge in [-0.3, -0.25) is 9.59 Å². The van der Waals surface area contributed by atoms with Gasteiger partial charge in [0.05, 0.1) is 12.6 Å². The quantitative estimate of drug-likeness (QED) is 0.453. The van der Waals surface area contributed by atoms with Gasteiger partial charge in [-0.05, 0) is 54.3 Å². The van der Waals surface area contributed by atoms with Gasteiger partial charge in [-0.25, -0.2) is 0 Å². The van der Waals surface area contributed by atoms with Crippen molar-refractivity contribution in [3.05, 3.63) is 51.7 Å². The number of thiophene rings is 1. The molecule has 0 saturated heterocycles. The predicted molar refractivity (Wildman–Crippen MR) is 132 cm³/mol. The second-order valence-electron chi connectivity index (χ2n) is 8.99. The zero-order valence-electron chi connectivity index (χ0n) is 20.2. The molecular weight excluding hydrogens is 436 g/mol. The van der Waals surface area contributed by atoms with Crippen molar-refractivity contribution in [2.45, 2.75) is 46.1 Å². The summed E-state index contributed by atoms with van der Waals surface area (Å²) in [5.41, 5.74) is 2.23. The molecule has 0 unspecified atom stereocenters. The minimum Gasteiger partial charge on any atom is -0.491 e.